The summed E-state index contributed by atoms with van der Waals surface area (Å²) in [6, 6.07) is 9.29. The molecule has 2 unspecified atom stereocenters. The first-order valence-corrected chi connectivity index (χ1v) is 4.60. The minimum absolute atomic E-state index is 0.0996. The Kier molecular flexibility index (Phi) is 2.08. The van der Waals surface area contributed by atoms with E-state index in [1.54, 1.807) is 0 Å². The summed E-state index contributed by atoms with van der Waals surface area (Å²) in [5.41, 5.74) is 0.906. The van der Waals surface area contributed by atoms with Crippen LogP contribution in [0.3, 0.4) is 0 Å². The SMILES string of the molecule is CC1NC(=O)C(=O)C1c1ccccc1. The minimum Gasteiger partial charge on any atom is -0.346 e. The molecule has 0 saturated carbocycles. The van der Waals surface area contributed by atoms with E-state index in [4.69, 9.17) is 0 Å². The van der Waals surface area contributed by atoms with Crippen LogP contribution in [-0.2, 0) is 9.59 Å². The lowest BCUT2D eigenvalue weighted by Crippen LogP contribution is -2.24. The maximum absolute atomic E-state index is 11.5. The van der Waals surface area contributed by atoms with Gasteiger partial charge in [0, 0.05) is 6.04 Å². The molecule has 1 amide bonds. The van der Waals surface area contributed by atoms with Crippen LogP contribution in [-0.4, -0.2) is 17.7 Å². The third-order valence-electron chi connectivity index (χ3n) is 2.52. The van der Waals surface area contributed by atoms with E-state index < -0.39 is 5.91 Å². The number of nitrogens with one attached hydrogen (secondary N) is 1. The average molecular weight is 189 g/mol. The lowest BCUT2D eigenvalue weighted by Gasteiger charge is -2.12. The Balaban J connectivity index is 2.36. The molecule has 1 aliphatic heterocycles. The van der Waals surface area contributed by atoms with Crippen molar-refractivity contribution in [3.8, 4) is 0 Å². The molecule has 0 aliphatic carbocycles. The molecule has 2 rings (SSSR count). The van der Waals surface area contributed by atoms with E-state index in [2.05, 4.69) is 5.32 Å². The highest BCUT2D eigenvalue weighted by Gasteiger charge is 2.38. The van der Waals surface area contributed by atoms with Gasteiger partial charge in [-0.05, 0) is 12.5 Å². The van der Waals surface area contributed by atoms with Crippen molar-refractivity contribution in [2.45, 2.75) is 18.9 Å². The van der Waals surface area contributed by atoms with Crippen molar-refractivity contribution in [2.24, 2.45) is 0 Å². The first-order chi connectivity index (χ1) is 6.70. The van der Waals surface area contributed by atoms with Gasteiger partial charge in [-0.2, -0.15) is 0 Å². The summed E-state index contributed by atoms with van der Waals surface area (Å²) >= 11 is 0. The summed E-state index contributed by atoms with van der Waals surface area (Å²) in [5.74, 6) is -1.11. The molecule has 1 aromatic carbocycles. The second-order valence-corrected chi connectivity index (χ2v) is 3.51. The molecule has 0 bridgehead atoms. The molecule has 72 valence electrons. The maximum atomic E-state index is 11.5. The standard InChI is InChI=1S/C11H11NO2/c1-7-9(10(13)11(14)12-7)8-5-3-2-4-6-8/h2-7,9H,1H3,(H,12,14). The van der Waals surface area contributed by atoms with Crippen LogP contribution < -0.4 is 5.32 Å². The van der Waals surface area contributed by atoms with Crippen LogP contribution in [0.15, 0.2) is 30.3 Å². The van der Waals surface area contributed by atoms with Gasteiger partial charge in [-0.3, -0.25) is 9.59 Å². The number of hydrogen-bond donors (Lipinski definition) is 1. The van der Waals surface area contributed by atoms with Crippen LogP contribution >= 0.6 is 0 Å². The molecular weight excluding hydrogens is 178 g/mol. The van der Waals surface area contributed by atoms with E-state index >= 15 is 0 Å². The summed E-state index contributed by atoms with van der Waals surface area (Å²) in [4.78, 5) is 22.6. The predicted octanol–water partition coefficient (Wildman–Crippen LogP) is 0.858. The van der Waals surface area contributed by atoms with Gasteiger partial charge in [0.25, 0.3) is 5.91 Å². The van der Waals surface area contributed by atoms with Crippen LogP contribution in [0.4, 0.5) is 0 Å². The molecule has 3 nitrogen and oxygen atoms in total. The molecule has 1 aromatic rings. The number of Topliss-reactive ketones (excluding diaryl/α,β-unsaturated/α-hetero) is 1. The Morgan fingerprint density at radius 3 is 2.29 bits per heavy atom. The van der Waals surface area contributed by atoms with Crippen LogP contribution in [0.25, 0.3) is 0 Å². The third kappa shape index (κ3) is 1.31. The van der Waals surface area contributed by atoms with E-state index in [1.807, 2.05) is 37.3 Å². The first-order valence-electron chi connectivity index (χ1n) is 4.60. The van der Waals surface area contributed by atoms with Crippen molar-refractivity contribution in [2.75, 3.05) is 0 Å². The van der Waals surface area contributed by atoms with Crippen molar-refractivity contribution in [1.82, 2.24) is 5.32 Å². The fourth-order valence-electron chi connectivity index (χ4n) is 1.83. The van der Waals surface area contributed by atoms with E-state index in [-0.39, 0.29) is 17.7 Å². The smallest absolute Gasteiger partial charge is 0.288 e. The molecule has 2 atom stereocenters. The van der Waals surface area contributed by atoms with Crippen molar-refractivity contribution in [3.63, 3.8) is 0 Å². The van der Waals surface area contributed by atoms with Crippen molar-refractivity contribution >= 4 is 11.7 Å². The van der Waals surface area contributed by atoms with E-state index in [9.17, 15) is 9.59 Å². The van der Waals surface area contributed by atoms with Crippen molar-refractivity contribution in [3.05, 3.63) is 35.9 Å². The lowest BCUT2D eigenvalue weighted by atomic mass is 9.92. The quantitative estimate of drug-likeness (QED) is 0.666. The molecule has 1 fully saturated rings. The Labute approximate surface area is 82.1 Å². The topological polar surface area (TPSA) is 46.2 Å². The Hall–Kier alpha value is -1.64. The molecule has 1 heterocycles. The molecule has 1 aliphatic rings. The van der Waals surface area contributed by atoms with Gasteiger partial charge in [0.2, 0.25) is 5.78 Å². The van der Waals surface area contributed by atoms with E-state index in [0.717, 1.165) is 5.56 Å². The summed E-state index contributed by atoms with van der Waals surface area (Å²) in [6.45, 7) is 1.85. The van der Waals surface area contributed by atoms with Gasteiger partial charge in [0.1, 0.15) is 0 Å². The van der Waals surface area contributed by atoms with Gasteiger partial charge in [0.05, 0.1) is 5.92 Å². The number of carbonyl (C=O) groups excluding carboxylic acids is 2. The summed E-state index contributed by atoms with van der Waals surface area (Å²) in [6.07, 6.45) is 0. The van der Waals surface area contributed by atoms with Crippen molar-refractivity contribution < 1.29 is 9.59 Å². The van der Waals surface area contributed by atoms with Gasteiger partial charge in [-0.15, -0.1) is 0 Å². The highest BCUT2D eigenvalue weighted by Crippen LogP contribution is 2.24. The second kappa shape index (κ2) is 3.25. The highest BCUT2D eigenvalue weighted by molar-refractivity contribution is 6.40. The summed E-state index contributed by atoms with van der Waals surface area (Å²) < 4.78 is 0. The third-order valence-corrected chi connectivity index (χ3v) is 2.52. The van der Waals surface area contributed by atoms with Gasteiger partial charge in [-0.25, -0.2) is 0 Å². The summed E-state index contributed by atoms with van der Waals surface area (Å²) in [7, 11) is 0. The first kappa shape index (κ1) is 8.94. The molecule has 14 heavy (non-hydrogen) atoms. The zero-order valence-electron chi connectivity index (χ0n) is 7.86. The number of hydrogen-bond acceptors (Lipinski definition) is 2. The average Bonchev–Trinajstić information content (AvgIpc) is 2.43. The molecule has 0 aromatic heterocycles. The predicted molar refractivity (Wildman–Crippen MR) is 51.8 cm³/mol. The summed E-state index contributed by atoms with van der Waals surface area (Å²) in [5, 5.41) is 2.63. The molecule has 1 saturated heterocycles. The number of rotatable bonds is 1. The minimum atomic E-state index is -0.466. The zero-order valence-corrected chi connectivity index (χ0v) is 7.86. The van der Waals surface area contributed by atoms with Gasteiger partial charge >= 0.3 is 0 Å². The van der Waals surface area contributed by atoms with Crippen LogP contribution in [0.1, 0.15) is 18.4 Å². The number of carbonyl (C=O) groups is 2. The number of benzene rings is 1. The zero-order chi connectivity index (χ0) is 10.1. The van der Waals surface area contributed by atoms with Crippen molar-refractivity contribution in [1.29, 1.82) is 0 Å². The fraction of sp³-hybridized carbons (Fsp3) is 0.273. The number of amides is 1. The molecule has 0 spiro atoms. The second-order valence-electron chi connectivity index (χ2n) is 3.51. The van der Waals surface area contributed by atoms with E-state index in [0.29, 0.717) is 0 Å². The van der Waals surface area contributed by atoms with Gasteiger partial charge in [-0.1, -0.05) is 30.3 Å². The number of ketones is 1. The normalized spacial score (nSPS) is 26.4. The monoisotopic (exact) mass is 189 g/mol. The molecular formula is C11H11NO2. The van der Waals surface area contributed by atoms with Crippen LogP contribution in [0.5, 0.6) is 0 Å². The van der Waals surface area contributed by atoms with Crippen LogP contribution in [0.2, 0.25) is 0 Å². The van der Waals surface area contributed by atoms with E-state index in [1.165, 1.54) is 0 Å². The lowest BCUT2D eigenvalue weighted by molar-refractivity contribution is -0.135. The molecule has 0 radical (unpaired) electrons. The van der Waals surface area contributed by atoms with Gasteiger partial charge in [0.15, 0.2) is 0 Å². The largest absolute Gasteiger partial charge is 0.346 e. The highest BCUT2D eigenvalue weighted by atomic mass is 16.2. The Morgan fingerprint density at radius 2 is 1.79 bits per heavy atom. The molecule has 3 heteroatoms. The Morgan fingerprint density at radius 1 is 1.14 bits per heavy atom. The molecule has 1 N–H and O–H groups in total. The van der Waals surface area contributed by atoms with Gasteiger partial charge < -0.3 is 5.32 Å². The maximum Gasteiger partial charge on any atom is 0.288 e. The fourth-order valence-corrected chi connectivity index (χ4v) is 1.83. The van der Waals surface area contributed by atoms with Crippen LogP contribution in [0, 0.1) is 0 Å². The Bertz CT molecular complexity index is 372.